The third-order valence-electron chi connectivity index (χ3n) is 6.42. The van der Waals surface area contributed by atoms with E-state index in [-0.39, 0.29) is 22.7 Å². The van der Waals surface area contributed by atoms with Crippen LogP contribution < -0.4 is 15.0 Å². The van der Waals surface area contributed by atoms with E-state index in [0.717, 1.165) is 5.56 Å². The maximum Gasteiger partial charge on any atom is 0.300 e. The van der Waals surface area contributed by atoms with Gasteiger partial charge < -0.3 is 15.2 Å². The van der Waals surface area contributed by atoms with Crippen molar-refractivity contribution in [2.45, 2.75) is 46.1 Å². The second-order valence-corrected chi connectivity index (χ2v) is 10.2. The summed E-state index contributed by atoms with van der Waals surface area (Å²) in [5.41, 5.74) is 3.11. The first-order valence-electron chi connectivity index (χ1n) is 12.5. The van der Waals surface area contributed by atoms with Crippen molar-refractivity contribution in [1.29, 1.82) is 0 Å². The second kappa shape index (κ2) is 10.5. The summed E-state index contributed by atoms with van der Waals surface area (Å²) in [6, 6.07) is 20.4. The van der Waals surface area contributed by atoms with E-state index in [1.54, 1.807) is 48.5 Å². The normalized spacial score (nSPS) is 17.0. The summed E-state index contributed by atoms with van der Waals surface area (Å²) < 4.78 is 5.57. The molecule has 1 saturated heterocycles. The summed E-state index contributed by atoms with van der Waals surface area (Å²) in [6.07, 6.45) is 0. The molecule has 2 N–H and O–H groups in total. The number of ketones is 1. The second-order valence-electron chi connectivity index (χ2n) is 10.2. The number of nitrogens with zero attached hydrogens (tertiary/aromatic N) is 1. The van der Waals surface area contributed by atoms with Gasteiger partial charge in [-0.3, -0.25) is 19.3 Å². The molecule has 7 heteroatoms. The molecule has 1 fully saturated rings. The van der Waals surface area contributed by atoms with Crippen molar-refractivity contribution in [3.8, 4) is 5.75 Å². The Morgan fingerprint density at radius 2 is 1.66 bits per heavy atom. The van der Waals surface area contributed by atoms with Gasteiger partial charge in [0, 0.05) is 23.9 Å². The number of anilines is 2. The molecule has 0 aliphatic carbocycles. The van der Waals surface area contributed by atoms with Crippen molar-refractivity contribution in [3.05, 3.63) is 95.1 Å². The predicted molar refractivity (Wildman–Crippen MR) is 148 cm³/mol. The first-order chi connectivity index (χ1) is 18.0. The van der Waals surface area contributed by atoms with Crippen LogP contribution in [0.15, 0.2) is 78.4 Å². The highest BCUT2D eigenvalue weighted by Crippen LogP contribution is 2.43. The quantitative estimate of drug-likeness (QED) is 0.241. The summed E-state index contributed by atoms with van der Waals surface area (Å²) in [6.45, 7) is 10.0. The zero-order valence-electron chi connectivity index (χ0n) is 22.2. The number of benzene rings is 3. The molecule has 1 aliphatic rings. The van der Waals surface area contributed by atoms with Gasteiger partial charge in [-0.15, -0.1) is 0 Å². The van der Waals surface area contributed by atoms with Crippen LogP contribution >= 0.6 is 0 Å². The van der Waals surface area contributed by atoms with Crippen LogP contribution in [0.2, 0.25) is 0 Å². The van der Waals surface area contributed by atoms with E-state index in [4.69, 9.17) is 4.74 Å². The SMILES string of the molecule is CCOc1cccc(/C(O)=C2/C(=O)C(=O)N(c3ccc(NC(C)=O)cc3)C2c2ccc(C(C)(C)C)cc2)c1. The smallest absolute Gasteiger partial charge is 0.300 e. The molecule has 1 aliphatic heterocycles. The lowest BCUT2D eigenvalue weighted by Crippen LogP contribution is -2.29. The number of amides is 2. The largest absolute Gasteiger partial charge is 0.507 e. The summed E-state index contributed by atoms with van der Waals surface area (Å²) in [5.74, 6) is -1.46. The van der Waals surface area contributed by atoms with Crippen LogP contribution in [0, 0.1) is 0 Å². The highest BCUT2D eigenvalue weighted by Gasteiger charge is 2.47. The van der Waals surface area contributed by atoms with E-state index in [1.165, 1.54) is 11.8 Å². The molecule has 1 atom stereocenters. The Balaban J connectivity index is 1.87. The molecule has 0 saturated carbocycles. The van der Waals surface area contributed by atoms with Crippen molar-refractivity contribution < 1.29 is 24.2 Å². The Morgan fingerprint density at radius 1 is 1.00 bits per heavy atom. The van der Waals surface area contributed by atoms with E-state index < -0.39 is 17.7 Å². The number of carbonyl (C=O) groups is 3. The lowest BCUT2D eigenvalue weighted by Gasteiger charge is -2.27. The summed E-state index contributed by atoms with van der Waals surface area (Å²) >= 11 is 0. The molecule has 1 heterocycles. The van der Waals surface area contributed by atoms with Gasteiger partial charge in [0.25, 0.3) is 11.7 Å². The molecular formula is C31H32N2O5. The third-order valence-corrected chi connectivity index (χ3v) is 6.42. The molecule has 3 aromatic rings. The first-order valence-corrected chi connectivity index (χ1v) is 12.5. The minimum atomic E-state index is -0.855. The average molecular weight is 513 g/mol. The van der Waals surface area contributed by atoms with Crippen LogP contribution in [0.3, 0.4) is 0 Å². The molecule has 38 heavy (non-hydrogen) atoms. The fraction of sp³-hybridized carbons (Fsp3) is 0.258. The topological polar surface area (TPSA) is 95.9 Å². The van der Waals surface area contributed by atoms with Crippen molar-refractivity contribution >= 4 is 34.7 Å². The number of Topliss-reactive ketones (excluding diaryl/α,β-unsaturated/α-hetero) is 1. The van der Waals surface area contributed by atoms with Gasteiger partial charge in [0.1, 0.15) is 11.5 Å². The minimum Gasteiger partial charge on any atom is -0.507 e. The van der Waals surface area contributed by atoms with E-state index in [0.29, 0.717) is 34.9 Å². The van der Waals surface area contributed by atoms with Crippen LogP contribution in [-0.4, -0.2) is 29.3 Å². The Morgan fingerprint density at radius 3 is 2.24 bits per heavy atom. The molecule has 0 spiro atoms. The van der Waals surface area contributed by atoms with E-state index in [9.17, 15) is 19.5 Å². The predicted octanol–water partition coefficient (Wildman–Crippen LogP) is 5.97. The lowest BCUT2D eigenvalue weighted by molar-refractivity contribution is -0.132. The molecular weight excluding hydrogens is 480 g/mol. The van der Waals surface area contributed by atoms with Crippen molar-refractivity contribution in [2.75, 3.05) is 16.8 Å². The fourth-order valence-corrected chi connectivity index (χ4v) is 4.54. The van der Waals surface area contributed by atoms with Crippen LogP contribution in [0.25, 0.3) is 5.76 Å². The fourth-order valence-electron chi connectivity index (χ4n) is 4.54. The molecule has 3 aromatic carbocycles. The zero-order valence-corrected chi connectivity index (χ0v) is 22.2. The van der Waals surface area contributed by atoms with Gasteiger partial charge in [0.2, 0.25) is 5.91 Å². The molecule has 0 radical (unpaired) electrons. The molecule has 196 valence electrons. The lowest BCUT2D eigenvalue weighted by atomic mass is 9.85. The number of aliphatic hydroxyl groups excluding tert-OH is 1. The molecule has 2 amide bonds. The number of hydrogen-bond acceptors (Lipinski definition) is 5. The van der Waals surface area contributed by atoms with Crippen molar-refractivity contribution in [1.82, 2.24) is 0 Å². The van der Waals surface area contributed by atoms with Gasteiger partial charge >= 0.3 is 0 Å². The highest BCUT2D eigenvalue weighted by atomic mass is 16.5. The van der Waals surface area contributed by atoms with Crippen LogP contribution in [0.5, 0.6) is 5.75 Å². The van der Waals surface area contributed by atoms with Gasteiger partial charge in [0.15, 0.2) is 0 Å². The highest BCUT2D eigenvalue weighted by molar-refractivity contribution is 6.51. The Hall–Kier alpha value is -4.39. The maximum atomic E-state index is 13.4. The molecule has 1 unspecified atom stereocenters. The number of hydrogen-bond donors (Lipinski definition) is 2. The monoisotopic (exact) mass is 512 g/mol. The number of carbonyl (C=O) groups excluding carboxylic acids is 3. The number of nitrogens with one attached hydrogen (secondary N) is 1. The summed E-state index contributed by atoms with van der Waals surface area (Å²) in [5, 5.41) is 14.1. The number of rotatable bonds is 6. The van der Waals surface area contributed by atoms with Gasteiger partial charge in [-0.25, -0.2) is 0 Å². The first kappa shape index (κ1) is 26.7. The maximum absolute atomic E-state index is 13.4. The number of ether oxygens (including phenoxy) is 1. The summed E-state index contributed by atoms with van der Waals surface area (Å²) in [4.78, 5) is 39.7. The molecule has 4 rings (SSSR count). The van der Waals surface area contributed by atoms with Gasteiger partial charge in [0.05, 0.1) is 18.2 Å². The summed E-state index contributed by atoms with van der Waals surface area (Å²) in [7, 11) is 0. The average Bonchev–Trinajstić information content (AvgIpc) is 3.14. The van der Waals surface area contributed by atoms with E-state index in [2.05, 4.69) is 26.1 Å². The standard InChI is InChI=1S/C31H32N2O5/c1-6-38-25-9-7-8-21(18-25)28(35)26-27(20-10-12-22(13-11-20)31(3,4)5)33(30(37)29(26)36)24-16-14-23(15-17-24)32-19(2)34/h7-18,27,35H,6H2,1-5H3,(H,32,34)/b28-26-. The third kappa shape index (κ3) is 5.32. The molecule has 0 bridgehead atoms. The van der Waals surface area contributed by atoms with Crippen molar-refractivity contribution in [3.63, 3.8) is 0 Å². The number of aliphatic hydroxyl groups is 1. The van der Waals surface area contributed by atoms with Crippen LogP contribution in [0.4, 0.5) is 11.4 Å². The van der Waals surface area contributed by atoms with Crippen molar-refractivity contribution in [2.24, 2.45) is 0 Å². The Kier molecular flexibility index (Phi) is 7.39. The van der Waals surface area contributed by atoms with E-state index in [1.807, 2.05) is 31.2 Å². The Labute approximate surface area is 222 Å². The zero-order chi connectivity index (χ0) is 27.6. The van der Waals surface area contributed by atoms with Crippen LogP contribution in [0.1, 0.15) is 57.4 Å². The van der Waals surface area contributed by atoms with Gasteiger partial charge in [-0.05, 0) is 59.9 Å². The van der Waals surface area contributed by atoms with E-state index >= 15 is 0 Å². The van der Waals surface area contributed by atoms with Crippen LogP contribution in [-0.2, 0) is 19.8 Å². The van der Waals surface area contributed by atoms with Gasteiger partial charge in [-0.2, -0.15) is 0 Å². The van der Waals surface area contributed by atoms with Gasteiger partial charge in [-0.1, -0.05) is 57.2 Å². The minimum absolute atomic E-state index is 0.00176. The Bertz CT molecular complexity index is 1400. The molecule has 7 nitrogen and oxygen atoms in total. The molecule has 0 aromatic heterocycles.